The van der Waals surface area contributed by atoms with E-state index in [1.807, 2.05) is 66.7 Å². The molecule has 25 heavy (non-hydrogen) atoms. The summed E-state index contributed by atoms with van der Waals surface area (Å²) < 4.78 is 5.90. The Hall–Kier alpha value is -3.47. The number of amides is 1. The molecule has 0 saturated heterocycles. The van der Waals surface area contributed by atoms with Crippen molar-refractivity contribution in [3.63, 3.8) is 0 Å². The number of nitrogens with one attached hydrogen (secondary N) is 1. The molecule has 0 aliphatic carbocycles. The number of rotatable bonds is 3. The molecule has 1 aliphatic heterocycles. The predicted octanol–water partition coefficient (Wildman–Crippen LogP) is 3.47. The van der Waals surface area contributed by atoms with Crippen molar-refractivity contribution in [3.05, 3.63) is 89.7 Å². The van der Waals surface area contributed by atoms with Gasteiger partial charge < -0.3 is 4.74 Å². The zero-order chi connectivity index (χ0) is 17.1. The Labute approximate surface area is 145 Å². The van der Waals surface area contributed by atoms with Crippen LogP contribution in [0.2, 0.25) is 0 Å². The zero-order valence-corrected chi connectivity index (χ0v) is 13.3. The number of benzene rings is 2. The van der Waals surface area contributed by atoms with Crippen molar-refractivity contribution in [2.24, 2.45) is 5.10 Å². The van der Waals surface area contributed by atoms with Crippen LogP contribution in [0.3, 0.4) is 0 Å². The molecule has 2 heterocycles. The van der Waals surface area contributed by atoms with Crippen LogP contribution in [-0.4, -0.2) is 17.1 Å². The number of aromatic nitrogens is 1. The SMILES string of the molecule is O=C(NN=Cc1ccccn1)C1c2ccccc2Oc2ccccc21. The fourth-order valence-corrected chi connectivity index (χ4v) is 2.87. The van der Waals surface area contributed by atoms with Gasteiger partial charge in [-0.05, 0) is 24.3 Å². The van der Waals surface area contributed by atoms with E-state index in [4.69, 9.17) is 4.74 Å². The maximum atomic E-state index is 12.8. The molecule has 0 spiro atoms. The van der Waals surface area contributed by atoms with Gasteiger partial charge in [0.05, 0.1) is 17.8 Å². The molecule has 1 N–H and O–H groups in total. The van der Waals surface area contributed by atoms with Crippen molar-refractivity contribution in [3.8, 4) is 11.5 Å². The molecule has 0 radical (unpaired) electrons. The van der Waals surface area contributed by atoms with E-state index >= 15 is 0 Å². The summed E-state index contributed by atoms with van der Waals surface area (Å²) in [5.41, 5.74) is 4.95. The number of carbonyl (C=O) groups excluding carboxylic acids is 1. The number of pyridine rings is 1. The molecule has 1 amide bonds. The summed E-state index contributed by atoms with van der Waals surface area (Å²) in [5.74, 6) is 0.697. The van der Waals surface area contributed by atoms with Crippen LogP contribution in [0.15, 0.2) is 78.0 Å². The minimum atomic E-state index is -0.470. The van der Waals surface area contributed by atoms with Crippen LogP contribution in [0.5, 0.6) is 11.5 Å². The van der Waals surface area contributed by atoms with Crippen molar-refractivity contribution in [1.29, 1.82) is 0 Å². The highest BCUT2D eigenvalue weighted by atomic mass is 16.5. The second-order valence-corrected chi connectivity index (χ2v) is 5.60. The number of para-hydroxylation sites is 2. The molecule has 4 rings (SSSR count). The van der Waals surface area contributed by atoms with Gasteiger partial charge in [-0.15, -0.1) is 0 Å². The van der Waals surface area contributed by atoms with Crippen LogP contribution in [0.25, 0.3) is 0 Å². The van der Waals surface area contributed by atoms with E-state index in [1.54, 1.807) is 6.20 Å². The molecule has 3 aromatic rings. The molecule has 0 unspecified atom stereocenters. The summed E-state index contributed by atoms with van der Waals surface area (Å²) in [6.07, 6.45) is 3.20. The molecule has 5 nitrogen and oxygen atoms in total. The first-order chi connectivity index (χ1) is 12.3. The molecule has 1 aliphatic rings. The van der Waals surface area contributed by atoms with Crippen LogP contribution in [0, 0.1) is 0 Å². The summed E-state index contributed by atoms with van der Waals surface area (Å²) in [5, 5.41) is 4.03. The minimum absolute atomic E-state index is 0.213. The van der Waals surface area contributed by atoms with E-state index in [0.717, 1.165) is 11.1 Å². The lowest BCUT2D eigenvalue weighted by Gasteiger charge is -2.26. The third kappa shape index (κ3) is 2.99. The second kappa shape index (κ2) is 6.57. The smallest absolute Gasteiger partial charge is 0.252 e. The van der Waals surface area contributed by atoms with Gasteiger partial charge in [0, 0.05) is 17.3 Å². The lowest BCUT2D eigenvalue weighted by atomic mass is 9.87. The first kappa shape index (κ1) is 15.1. The first-order valence-electron chi connectivity index (χ1n) is 7.92. The summed E-state index contributed by atoms with van der Waals surface area (Å²) >= 11 is 0. The van der Waals surface area contributed by atoms with Gasteiger partial charge in [-0.25, -0.2) is 5.43 Å². The van der Waals surface area contributed by atoms with E-state index in [0.29, 0.717) is 17.2 Å². The van der Waals surface area contributed by atoms with Crippen LogP contribution < -0.4 is 10.2 Å². The largest absolute Gasteiger partial charge is 0.457 e. The summed E-state index contributed by atoms with van der Waals surface area (Å²) in [6, 6.07) is 20.6. The third-order valence-electron chi connectivity index (χ3n) is 4.00. The molecule has 0 atom stereocenters. The number of hydrazone groups is 1. The van der Waals surface area contributed by atoms with Crippen LogP contribution in [-0.2, 0) is 4.79 Å². The molecular weight excluding hydrogens is 314 g/mol. The molecule has 2 aromatic carbocycles. The Morgan fingerprint density at radius 2 is 1.60 bits per heavy atom. The van der Waals surface area contributed by atoms with Gasteiger partial charge in [-0.1, -0.05) is 42.5 Å². The van der Waals surface area contributed by atoms with E-state index in [2.05, 4.69) is 15.5 Å². The van der Waals surface area contributed by atoms with Crippen LogP contribution in [0.1, 0.15) is 22.7 Å². The fourth-order valence-electron chi connectivity index (χ4n) is 2.87. The number of hydrogen-bond donors (Lipinski definition) is 1. The Bertz CT molecular complexity index is 893. The molecule has 122 valence electrons. The first-order valence-corrected chi connectivity index (χ1v) is 7.92. The average molecular weight is 329 g/mol. The second-order valence-electron chi connectivity index (χ2n) is 5.60. The van der Waals surface area contributed by atoms with Gasteiger partial charge in [-0.2, -0.15) is 5.10 Å². The maximum Gasteiger partial charge on any atom is 0.252 e. The standard InChI is InChI=1S/C20H15N3O2/c24-20(23-22-13-14-7-5-6-12-21-14)19-15-8-1-3-10-17(15)25-18-11-4-2-9-16(18)19/h1-13,19H,(H,23,24). The van der Waals surface area contributed by atoms with Gasteiger partial charge in [0.25, 0.3) is 5.91 Å². The van der Waals surface area contributed by atoms with Crippen molar-refractivity contribution < 1.29 is 9.53 Å². The minimum Gasteiger partial charge on any atom is -0.457 e. The van der Waals surface area contributed by atoms with Crippen molar-refractivity contribution in [2.75, 3.05) is 0 Å². The zero-order valence-electron chi connectivity index (χ0n) is 13.3. The van der Waals surface area contributed by atoms with Crippen LogP contribution >= 0.6 is 0 Å². The molecule has 0 saturated carbocycles. The normalized spacial score (nSPS) is 13.0. The molecule has 0 fully saturated rings. The van der Waals surface area contributed by atoms with Gasteiger partial charge in [0.1, 0.15) is 11.5 Å². The van der Waals surface area contributed by atoms with Gasteiger partial charge >= 0.3 is 0 Å². The van der Waals surface area contributed by atoms with Crippen molar-refractivity contribution >= 4 is 12.1 Å². The highest BCUT2D eigenvalue weighted by molar-refractivity contribution is 5.90. The van der Waals surface area contributed by atoms with Gasteiger partial charge in [0.15, 0.2) is 0 Å². The lowest BCUT2D eigenvalue weighted by molar-refractivity contribution is -0.121. The number of hydrogen-bond acceptors (Lipinski definition) is 4. The highest BCUT2D eigenvalue weighted by Gasteiger charge is 2.32. The Morgan fingerprint density at radius 1 is 0.960 bits per heavy atom. The predicted molar refractivity (Wildman–Crippen MR) is 94.8 cm³/mol. The number of nitrogens with zero attached hydrogens (tertiary/aromatic N) is 2. The summed E-state index contributed by atoms with van der Waals surface area (Å²) in [7, 11) is 0. The molecule has 1 aromatic heterocycles. The van der Waals surface area contributed by atoms with E-state index in [-0.39, 0.29) is 5.91 Å². The summed E-state index contributed by atoms with van der Waals surface area (Å²) in [6.45, 7) is 0. The quantitative estimate of drug-likeness (QED) is 0.591. The third-order valence-corrected chi connectivity index (χ3v) is 4.00. The van der Waals surface area contributed by atoms with Crippen molar-refractivity contribution in [1.82, 2.24) is 10.4 Å². The monoisotopic (exact) mass is 329 g/mol. The lowest BCUT2D eigenvalue weighted by Crippen LogP contribution is -2.28. The van der Waals surface area contributed by atoms with Gasteiger partial charge in [-0.3, -0.25) is 9.78 Å². The van der Waals surface area contributed by atoms with Crippen molar-refractivity contribution in [2.45, 2.75) is 5.92 Å². The Balaban J connectivity index is 1.63. The van der Waals surface area contributed by atoms with Gasteiger partial charge in [0.2, 0.25) is 0 Å². The highest BCUT2D eigenvalue weighted by Crippen LogP contribution is 2.43. The number of ether oxygens (including phenoxy) is 1. The topological polar surface area (TPSA) is 63.6 Å². The molecule has 5 heteroatoms. The average Bonchev–Trinajstić information content (AvgIpc) is 2.66. The van der Waals surface area contributed by atoms with E-state index in [9.17, 15) is 4.79 Å². The number of fused-ring (bicyclic) bond motifs is 2. The molecular formula is C20H15N3O2. The Morgan fingerprint density at radius 3 is 2.24 bits per heavy atom. The van der Waals surface area contributed by atoms with E-state index < -0.39 is 5.92 Å². The van der Waals surface area contributed by atoms with Crippen LogP contribution in [0.4, 0.5) is 0 Å². The molecule has 0 bridgehead atoms. The maximum absolute atomic E-state index is 12.8. The fraction of sp³-hybridized carbons (Fsp3) is 0.0500. The number of carbonyl (C=O) groups is 1. The Kier molecular flexibility index (Phi) is 3.96. The van der Waals surface area contributed by atoms with E-state index in [1.165, 1.54) is 6.21 Å². The summed E-state index contributed by atoms with van der Waals surface area (Å²) in [4.78, 5) is 17.0.